The molecule has 1 aliphatic carbocycles. The Kier molecular flexibility index (Phi) is 5.83. The lowest BCUT2D eigenvalue weighted by Gasteiger charge is -2.34. The van der Waals surface area contributed by atoms with E-state index in [1.807, 2.05) is 4.90 Å². The molecule has 1 amide bonds. The summed E-state index contributed by atoms with van der Waals surface area (Å²) in [7, 11) is 1.37. The van der Waals surface area contributed by atoms with Crippen molar-refractivity contribution in [2.24, 2.45) is 5.92 Å². The van der Waals surface area contributed by atoms with Gasteiger partial charge in [0, 0.05) is 19.5 Å². The van der Waals surface area contributed by atoms with Crippen molar-refractivity contribution in [3.05, 3.63) is 0 Å². The van der Waals surface area contributed by atoms with E-state index in [2.05, 4.69) is 4.74 Å². The fourth-order valence-corrected chi connectivity index (χ4v) is 3.11. The Morgan fingerprint density at radius 3 is 2.65 bits per heavy atom. The smallest absolute Gasteiger partial charge is 0.308 e. The third kappa shape index (κ3) is 4.47. The first kappa shape index (κ1) is 15.3. The van der Waals surface area contributed by atoms with Gasteiger partial charge in [-0.15, -0.1) is 0 Å². The van der Waals surface area contributed by atoms with Gasteiger partial charge in [-0.25, -0.2) is 0 Å². The summed E-state index contributed by atoms with van der Waals surface area (Å²) in [6, 6.07) is 0. The van der Waals surface area contributed by atoms with Gasteiger partial charge in [-0.2, -0.15) is 0 Å². The van der Waals surface area contributed by atoms with Gasteiger partial charge in [-0.1, -0.05) is 19.3 Å². The standard InChI is InChI=1S/C15H25NO4/c1-19-15(18)10-13-11-16(7-8-20-13)14(17)9-12-5-3-2-4-6-12/h12-13H,2-11H2,1H3. The topological polar surface area (TPSA) is 55.8 Å². The number of rotatable bonds is 4. The van der Waals surface area contributed by atoms with E-state index in [0.29, 0.717) is 32.0 Å². The van der Waals surface area contributed by atoms with Crippen LogP contribution in [-0.2, 0) is 19.1 Å². The summed E-state index contributed by atoms with van der Waals surface area (Å²) in [4.78, 5) is 25.4. The first-order valence-electron chi connectivity index (χ1n) is 7.65. The Bertz CT molecular complexity index is 339. The quantitative estimate of drug-likeness (QED) is 0.738. The molecule has 0 radical (unpaired) electrons. The molecule has 1 atom stereocenters. The maximum atomic E-state index is 12.3. The Labute approximate surface area is 120 Å². The number of amides is 1. The molecule has 1 unspecified atom stereocenters. The van der Waals surface area contributed by atoms with E-state index in [9.17, 15) is 9.59 Å². The average molecular weight is 283 g/mol. The van der Waals surface area contributed by atoms with Gasteiger partial charge in [-0.05, 0) is 18.8 Å². The van der Waals surface area contributed by atoms with Crippen LogP contribution >= 0.6 is 0 Å². The molecule has 20 heavy (non-hydrogen) atoms. The molecule has 0 bridgehead atoms. The molecule has 0 aromatic carbocycles. The highest BCUT2D eigenvalue weighted by molar-refractivity contribution is 5.77. The predicted octanol–water partition coefficient (Wildman–Crippen LogP) is 1.75. The number of carbonyl (C=O) groups is 2. The van der Waals surface area contributed by atoms with Crippen LogP contribution in [0.15, 0.2) is 0 Å². The van der Waals surface area contributed by atoms with Gasteiger partial charge in [0.1, 0.15) is 0 Å². The van der Waals surface area contributed by atoms with Gasteiger partial charge in [0.15, 0.2) is 0 Å². The van der Waals surface area contributed by atoms with Gasteiger partial charge in [0.05, 0.1) is 26.2 Å². The summed E-state index contributed by atoms with van der Waals surface area (Å²) in [5.74, 6) is 0.491. The van der Waals surface area contributed by atoms with Crippen LogP contribution in [0.3, 0.4) is 0 Å². The second-order valence-electron chi connectivity index (χ2n) is 5.82. The van der Waals surface area contributed by atoms with Crippen molar-refractivity contribution in [2.75, 3.05) is 26.8 Å². The fraction of sp³-hybridized carbons (Fsp3) is 0.867. The summed E-state index contributed by atoms with van der Waals surface area (Å²) >= 11 is 0. The summed E-state index contributed by atoms with van der Waals surface area (Å²) in [5.41, 5.74) is 0. The number of morpholine rings is 1. The van der Waals surface area contributed by atoms with Gasteiger partial charge < -0.3 is 14.4 Å². The minimum Gasteiger partial charge on any atom is -0.469 e. The van der Waals surface area contributed by atoms with Gasteiger partial charge in [0.25, 0.3) is 0 Å². The lowest BCUT2D eigenvalue weighted by Crippen LogP contribution is -2.46. The summed E-state index contributed by atoms with van der Waals surface area (Å²) in [6.07, 6.45) is 6.85. The van der Waals surface area contributed by atoms with Crippen molar-refractivity contribution in [1.82, 2.24) is 4.90 Å². The molecule has 1 saturated carbocycles. The van der Waals surface area contributed by atoms with E-state index in [4.69, 9.17) is 4.74 Å². The monoisotopic (exact) mass is 283 g/mol. The Balaban J connectivity index is 1.78. The van der Waals surface area contributed by atoms with Crippen LogP contribution in [-0.4, -0.2) is 49.7 Å². The zero-order chi connectivity index (χ0) is 14.4. The molecule has 2 rings (SSSR count). The van der Waals surface area contributed by atoms with E-state index in [1.54, 1.807) is 0 Å². The molecule has 2 aliphatic rings. The molecule has 0 aromatic heterocycles. The number of hydrogen-bond donors (Lipinski definition) is 0. The zero-order valence-electron chi connectivity index (χ0n) is 12.3. The molecule has 0 aromatic rings. The van der Waals surface area contributed by atoms with E-state index in [1.165, 1.54) is 39.2 Å². The highest BCUT2D eigenvalue weighted by Crippen LogP contribution is 2.27. The average Bonchev–Trinajstić information content (AvgIpc) is 2.48. The van der Waals surface area contributed by atoms with Gasteiger partial charge in [-0.3, -0.25) is 9.59 Å². The number of ether oxygens (including phenoxy) is 2. The van der Waals surface area contributed by atoms with Crippen LogP contribution in [0.2, 0.25) is 0 Å². The van der Waals surface area contributed by atoms with Crippen LogP contribution in [0.1, 0.15) is 44.9 Å². The first-order chi connectivity index (χ1) is 9.69. The predicted molar refractivity (Wildman–Crippen MR) is 74.1 cm³/mol. The number of hydrogen-bond acceptors (Lipinski definition) is 4. The third-order valence-corrected chi connectivity index (χ3v) is 4.30. The normalized spacial score (nSPS) is 24.4. The van der Waals surface area contributed by atoms with Crippen molar-refractivity contribution >= 4 is 11.9 Å². The van der Waals surface area contributed by atoms with Crippen LogP contribution in [0.4, 0.5) is 0 Å². The second kappa shape index (κ2) is 7.62. The highest BCUT2D eigenvalue weighted by Gasteiger charge is 2.28. The lowest BCUT2D eigenvalue weighted by atomic mass is 9.86. The molecule has 114 valence electrons. The van der Waals surface area contributed by atoms with E-state index in [-0.39, 0.29) is 24.4 Å². The Morgan fingerprint density at radius 2 is 1.95 bits per heavy atom. The van der Waals surface area contributed by atoms with Crippen molar-refractivity contribution < 1.29 is 19.1 Å². The van der Waals surface area contributed by atoms with Crippen LogP contribution in [0.25, 0.3) is 0 Å². The molecule has 5 heteroatoms. The summed E-state index contributed by atoms with van der Waals surface area (Å²) in [6.45, 7) is 1.67. The molecule has 1 aliphatic heterocycles. The fourth-order valence-electron chi connectivity index (χ4n) is 3.11. The van der Waals surface area contributed by atoms with Crippen molar-refractivity contribution in [1.29, 1.82) is 0 Å². The van der Waals surface area contributed by atoms with Crippen LogP contribution in [0, 0.1) is 5.92 Å². The van der Waals surface area contributed by atoms with Gasteiger partial charge in [0.2, 0.25) is 5.91 Å². The minimum atomic E-state index is -0.281. The third-order valence-electron chi connectivity index (χ3n) is 4.30. The van der Waals surface area contributed by atoms with Gasteiger partial charge >= 0.3 is 5.97 Å². The summed E-state index contributed by atoms with van der Waals surface area (Å²) in [5, 5.41) is 0. The molecule has 0 N–H and O–H groups in total. The maximum Gasteiger partial charge on any atom is 0.308 e. The van der Waals surface area contributed by atoms with Crippen LogP contribution < -0.4 is 0 Å². The van der Waals surface area contributed by atoms with E-state index < -0.39 is 0 Å². The van der Waals surface area contributed by atoms with Crippen molar-refractivity contribution in [3.8, 4) is 0 Å². The van der Waals surface area contributed by atoms with Crippen molar-refractivity contribution in [2.45, 2.75) is 51.0 Å². The lowest BCUT2D eigenvalue weighted by molar-refractivity contribution is -0.150. The molecule has 1 heterocycles. The number of nitrogens with zero attached hydrogens (tertiary/aromatic N) is 1. The van der Waals surface area contributed by atoms with Crippen LogP contribution in [0.5, 0.6) is 0 Å². The van der Waals surface area contributed by atoms with Crippen molar-refractivity contribution in [3.63, 3.8) is 0 Å². The molecule has 2 fully saturated rings. The number of esters is 1. The van der Waals surface area contributed by atoms with E-state index >= 15 is 0 Å². The Morgan fingerprint density at radius 1 is 1.20 bits per heavy atom. The SMILES string of the molecule is COC(=O)CC1CN(C(=O)CC2CCCCC2)CCO1. The molecule has 1 saturated heterocycles. The molecule has 0 spiro atoms. The highest BCUT2D eigenvalue weighted by atomic mass is 16.5. The van der Waals surface area contributed by atoms with E-state index in [0.717, 1.165) is 0 Å². The molecular formula is C15H25NO4. The number of carbonyl (C=O) groups excluding carboxylic acids is 2. The largest absolute Gasteiger partial charge is 0.469 e. The number of methoxy groups -OCH3 is 1. The molecule has 5 nitrogen and oxygen atoms in total. The Hall–Kier alpha value is -1.10. The second-order valence-corrected chi connectivity index (χ2v) is 5.82. The minimum absolute atomic E-state index is 0.216. The first-order valence-corrected chi connectivity index (χ1v) is 7.65. The summed E-state index contributed by atoms with van der Waals surface area (Å²) < 4.78 is 10.2. The zero-order valence-corrected chi connectivity index (χ0v) is 12.3. The maximum absolute atomic E-state index is 12.3. The molecular weight excluding hydrogens is 258 g/mol.